The van der Waals surface area contributed by atoms with E-state index in [1.54, 1.807) is 10.8 Å². The number of thiazole rings is 2. The third-order valence-corrected chi connectivity index (χ3v) is 13.1. The molecule has 71 heavy (non-hydrogen) atoms. The molecule has 2 aromatic heterocycles. The Bertz CT molecular complexity index is 2610. The van der Waals surface area contributed by atoms with Crippen molar-refractivity contribution in [3.8, 4) is 0 Å². The number of nitrogens with one attached hydrogen (secondary N) is 2. The van der Waals surface area contributed by atoms with Gasteiger partial charge >= 0.3 is 11.9 Å². The zero-order valence-electron chi connectivity index (χ0n) is 39.5. The first-order chi connectivity index (χ1) is 34.8. The van der Waals surface area contributed by atoms with E-state index in [4.69, 9.17) is 33.9 Å². The highest BCUT2D eigenvalue weighted by Crippen LogP contribution is 2.42. The SMILES string of the molecule is CCC(OC)ON=C(C(=O)OC(=O)C(=NOC(CC)OC)c1csc(NC(c2ccccc2)(c2ccccc2)c2ccccc2)n1)c1csc(NC(c2ccccc2)(c2ccccc2)c2ccccc2)n1. The van der Waals surface area contributed by atoms with Crippen molar-refractivity contribution in [3.63, 3.8) is 0 Å². The first-order valence-electron chi connectivity index (χ1n) is 22.9. The molecule has 0 saturated carbocycles. The summed E-state index contributed by atoms with van der Waals surface area (Å²) in [7, 11) is 2.92. The highest BCUT2D eigenvalue weighted by Gasteiger charge is 2.39. The number of carbonyl (C=O) groups excluding carboxylic acids is 2. The number of methoxy groups -OCH3 is 2. The molecule has 13 nitrogen and oxygen atoms in total. The quantitative estimate of drug-likeness (QED) is 0.0166. The summed E-state index contributed by atoms with van der Waals surface area (Å²) < 4.78 is 16.5. The topological polar surface area (TPSA) is 155 Å². The van der Waals surface area contributed by atoms with Gasteiger partial charge in [-0.2, -0.15) is 0 Å². The molecule has 0 saturated heterocycles. The van der Waals surface area contributed by atoms with Crippen molar-refractivity contribution in [2.45, 2.75) is 50.3 Å². The molecule has 15 heteroatoms. The number of hydrogen-bond donors (Lipinski definition) is 2. The number of carbonyl (C=O) groups is 2. The van der Waals surface area contributed by atoms with Crippen LogP contribution in [-0.2, 0) is 44.6 Å². The van der Waals surface area contributed by atoms with E-state index in [2.05, 4.69) is 20.9 Å². The van der Waals surface area contributed by atoms with Gasteiger partial charge in [-0.15, -0.1) is 22.7 Å². The summed E-state index contributed by atoms with van der Waals surface area (Å²) in [4.78, 5) is 50.1. The standard InChI is InChI=1S/C56H52N6O7S2/c1-5-47(65-3)68-61-49(45-37-70-53(57-45)59-55(39-25-13-7-14-26-39,40-27-15-8-16-28-40)41-29-17-9-18-30-41)51(63)67-52(64)50(62-69-48(6-2)66-4)46-38-71-54(58-46)60-56(42-31-19-10-20-32-42,43-33-21-11-22-34-43)44-35-23-12-24-36-44/h7-38,47-48H,5-6H2,1-4H3,(H,57,59)(H,58,60). The molecule has 2 unspecified atom stereocenters. The molecule has 0 aliphatic heterocycles. The van der Waals surface area contributed by atoms with Gasteiger partial charge in [-0.25, -0.2) is 19.6 Å². The Balaban J connectivity index is 1.15. The van der Waals surface area contributed by atoms with E-state index in [1.165, 1.54) is 36.9 Å². The minimum absolute atomic E-state index is 0.0729. The summed E-state index contributed by atoms with van der Waals surface area (Å²) in [6, 6.07) is 60.2. The number of nitrogens with zero attached hydrogens (tertiary/aromatic N) is 4. The second kappa shape index (κ2) is 23.7. The van der Waals surface area contributed by atoms with Crippen LogP contribution in [-0.4, -0.2) is 60.1 Å². The summed E-state index contributed by atoms with van der Waals surface area (Å²) in [5.74, 6) is -2.34. The monoisotopic (exact) mass is 984 g/mol. The average molecular weight is 985 g/mol. The van der Waals surface area contributed by atoms with Gasteiger partial charge in [-0.3, -0.25) is 0 Å². The average Bonchev–Trinajstić information content (AvgIpc) is 4.10. The summed E-state index contributed by atoms with van der Waals surface area (Å²) in [5, 5.41) is 20.0. The minimum atomic E-state index is -1.17. The maximum atomic E-state index is 14.5. The van der Waals surface area contributed by atoms with Crippen LogP contribution in [0, 0.1) is 0 Å². The van der Waals surface area contributed by atoms with Crippen LogP contribution in [0.2, 0.25) is 0 Å². The molecule has 8 aromatic rings. The zero-order valence-corrected chi connectivity index (χ0v) is 41.1. The molecular weight excluding hydrogens is 933 g/mol. The highest BCUT2D eigenvalue weighted by molar-refractivity contribution is 7.14. The van der Waals surface area contributed by atoms with Gasteiger partial charge in [0, 0.05) is 37.8 Å². The molecule has 0 aliphatic carbocycles. The first kappa shape index (κ1) is 49.6. The molecule has 8 rings (SSSR count). The Kier molecular flexibility index (Phi) is 16.5. The number of ether oxygens (including phenoxy) is 3. The molecule has 0 bridgehead atoms. The van der Waals surface area contributed by atoms with Gasteiger partial charge in [0.05, 0.1) is 0 Å². The first-order valence-corrected chi connectivity index (χ1v) is 24.7. The predicted octanol–water partition coefficient (Wildman–Crippen LogP) is 11.4. The van der Waals surface area contributed by atoms with E-state index >= 15 is 0 Å². The number of benzene rings is 6. The number of oxime groups is 2. The fourth-order valence-electron chi connectivity index (χ4n) is 8.11. The lowest BCUT2D eigenvalue weighted by atomic mass is 9.77. The molecule has 2 N–H and O–H groups in total. The van der Waals surface area contributed by atoms with Crippen LogP contribution in [0.5, 0.6) is 0 Å². The lowest BCUT2D eigenvalue weighted by molar-refractivity contribution is -0.151. The summed E-state index contributed by atoms with van der Waals surface area (Å²) in [5.41, 5.74) is 3.16. The predicted molar refractivity (Wildman–Crippen MR) is 278 cm³/mol. The number of rotatable bonds is 22. The van der Waals surface area contributed by atoms with Crippen molar-refractivity contribution in [1.29, 1.82) is 0 Å². The number of aromatic nitrogens is 2. The van der Waals surface area contributed by atoms with E-state index in [0.29, 0.717) is 23.1 Å². The molecule has 360 valence electrons. The van der Waals surface area contributed by atoms with Crippen molar-refractivity contribution in [2.75, 3.05) is 24.9 Å². The smallest absolute Gasteiger partial charge is 0.370 e. The van der Waals surface area contributed by atoms with Crippen LogP contribution < -0.4 is 10.6 Å². The molecule has 0 spiro atoms. The van der Waals surface area contributed by atoms with Crippen molar-refractivity contribution < 1.29 is 33.5 Å². The maximum Gasteiger partial charge on any atom is 0.370 e. The highest BCUT2D eigenvalue weighted by atomic mass is 32.1. The molecule has 2 atom stereocenters. The summed E-state index contributed by atoms with van der Waals surface area (Å²) in [6.07, 6.45) is -0.864. The Labute approximate surface area is 420 Å². The second-order valence-corrected chi connectivity index (χ2v) is 17.7. The van der Waals surface area contributed by atoms with Gasteiger partial charge < -0.3 is 34.5 Å². The summed E-state index contributed by atoms with van der Waals surface area (Å²) >= 11 is 2.47. The molecule has 2 heterocycles. The van der Waals surface area contributed by atoms with Crippen molar-refractivity contribution in [3.05, 3.63) is 238 Å². The fraction of sp³-hybridized carbons (Fsp3) is 0.179. The normalized spacial score (nSPS) is 12.9. The van der Waals surface area contributed by atoms with Gasteiger partial charge in [0.15, 0.2) is 10.3 Å². The number of hydrogen-bond acceptors (Lipinski definition) is 15. The molecule has 0 amide bonds. The van der Waals surface area contributed by atoms with Crippen LogP contribution in [0.15, 0.2) is 203 Å². The van der Waals surface area contributed by atoms with Crippen LogP contribution in [0.4, 0.5) is 10.3 Å². The van der Waals surface area contributed by atoms with Gasteiger partial charge in [0.25, 0.3) is 0 Å². The molecule has 0 aliphatic rings. The van der Waals surface area contributed by atoms with E-state index in [0.717, 1.165) is 33.4 Å². The van der Waals surface area contributed by atoms with Crippen molar-refractivity contribution >= 4 is 56.3 Å². The van der Waals surface area contributed by atoms with Crippen LogP contribution >= 0.6 is 22.7 Å². The van der Waals surface area contributed by atoms with E-state index in [9.17, 15) is 9.59 Å². The minimum Gasteiger partial charge on any atom is -0.383 e. The Hall–Kier alpha value is -7.82. The van der Waals surface area contributed by atoms with Crippen LogP contribution in [0.1, 0.15) is 71.5 Å². The van der Waals surface area contributed by atoms with Crippen molar-refractivity contribution in [2.24, 2.45) is 10.3 Å². The number of anilines is 2. The lowest BCUT2D eigenvalue weighted by Crippen LogP contribution is -2.38. The molecule has 0 radical (unpaired) electrons. The summed E-state index contributed by atoms with van der Waals surface area (Å²) in [6.45, 7) is 3.67. The fourth-order valence-corrected chi connectivity index (χ4v) is 9.61. The Morgan fingerprint density at radius 1 is 0.479 bits per heavy atom. The van der Waals surface area contributed by atoms with Crippen molar-refractivity contribution in [1.82, 2.24) is 9.97 Å². The number of esters is 2. The van der Waals surface area contributed by atoms with Gasteiger partial charge in [-0.05, 0) is 33.4 Å². The third kappa shape index (κ3) is 11.1. The lowest BCUT2D eigenvalue weighted by Gasteiger charge is -2.36. The van der Waals surface area contributed by atoms with Crippen LogP contribution in [0.25, 0.3) is 0 Å². The zero-order chi connectivity index (χ0) is 49.5. The van der Waals surface area contributed by atoms with E-state index in [-0.39, 0.29) is 11.4 Å². The van der Waals surface area contributed by atoms with Crippen LogP contribution in [0.3, 0.4) is 0 Å². The Morgan fingerprint density at radius 2 is 0.746 bits per heavy atom. The molecular formula is C56H52N6O7S2. The van der Waals surface area contributed by atoms with Gasteiger partial charge in [0.1, 0.15) is 22.5 Å². The largest absolute Gasteiger partial charge is 0.383 e. The maximum absolute atomic E-state index is 14.5. The molecule has 0 fully saturated rings. The van der Waals surface area contributed by atoms with E-state index in [1.807, 2.05) is 196 Å². The Morgan fingerprint density at radius 3 is 0.986 bits per heavy atom. The van der Waals surface area contributed by atoms with Gasteiger partial charge in [0.2, 0.25) is 24.0 Å². The second-order valence-electron chi connectivity index (χ2n) is 15.9. The molecule has 6 aromatic carbocycles. The van der Waals surface area contributed by atoms with Gasteiger partial charge in [-0.1, -0.05) is 206 Å². The van der Waals surface area contributed by atoms with E-state index < -0.39 is 47.0 Å². The third-order valence-electron chi connectivity index (χ3n) is 11.6.